The summed E-state index contributed by atoms with van der Waals surface area (Å²) in [5.74, 6) is -0.722. The van der Waals surface area contributed by atoms with Crippen LogP contribution in [-0.2, 0) is 11.2 Å². The van der Waals surface area contributed by atoms with Gasteiger partial charge in [0.1, 0.15) is 6.04 Å². The monoisotopic (exact) mass is 267 g/mol. The standard InChI is InChI=1S/C13H17NO3S/c1-2-9-5-6-18-11(9)12(15)14-10(13(16)17)7-8-3-4-8/h5-6,8,10H,2-4,7H2,1H3,(H,14,15)(H,16,17). The SMILES string of the molecule is CCc1ccsc1C(=O)NC(CC1CC1)C(=O)O. The van der Waals surface area contributed by atoms with Gasteiger partial charge in [-0.05, 0) is 35.8 Å². The van der Waals surface area contributed by atoms with Crippen molar-refractivity contribution in [3.8, 4) is 0 Å². The number of thiophene rings is 1. The summed E-state index contributed by atoms with van der Waals surface area (Å²) in [6.45, 7) is 1.98. The fourth-order valence-electron chi connectivity index (χ4n) is 1.95. The predicted octanol–water partition coefficient (Wildman–Crippen LogP) is 2.29. The van der Waals surface area contributed by atoms with Gasteiger partial charge in [0.2, 0.25) is 0 Å². The molecule has 1 aliphatic rings. The molecule has 2 N–H and O–H groups in total. The molecule has 0 spiro atoms. The quantitative estimate of drug-likeness (QED) is 0.831. The average molecular weight is 267 g/mol. The number of carbonyl (C=O) groups is 2. The molecule has 1 aliphatic carbocycles. The van der Waals surface area contributed by atoms with Crippen molar-refractivity contribution in [3.05, 3.63) is 21.9 Å². The van der Waals surface area contributed by atoms with Crippen molar-refractivity contribution >= 4 is 23.2 Å². The van der Waals surface area contributed by atoms with E-state index in [1.165, 1.54) is 11.3 Å². The Hall–Kier alpha value is -1.36. The van der Waals surface area contributed by atoms with E-state index >= 15 is 0 Å². The van der Waals surface area contributed by atoms with Crippen LogP contribution in [0.1, 0.15) is 41.4 Å². The highest BCUT2D eigenvalue weighted by atomic mass is 32.1. The molecule has 1 unspecified atom stereocenters. The summed E-state index contributed by atoms with van der Waals surface area (Å²) in [5, 5.41) is 13.6. The molecule has 0 aromatic carbocycles. The Morgan fingerprint density at radius 1 is 1.56 bits per heavy atom. The molecule has 1 fully saturated rings. The zero-order chi connectivity index (χ0) is 13.1. The van der Waals surface area contributed by atoms with Crippen molar-refractivity contribution in [2.45, 2.75) is 38.6 Å². The molecule has 2 rings (SSSR count). The van der Waals surface area contributed by atoms with E-state index in [1.807, 2.05) is 18.4 Å². The van der Waals surface area contributed by atoms with Crippen molar-refractivity contribution < 1.29 is 14.7 Å². The second-order valence-corrected chi connectivity index (χ2v) is 5.59. The fourth-order valence-corrected chi connectivity index (χ4v) is 2.84. The maximum atomic E-state index is 12.0. The Balaban J connectivity index is 2.01. The van der Waals surface area contributed by atoms with Crippen molar-refractivity contribution in [3.63, 3.8) is 0 Å². The van der Waals surface area contributed by atoms with Gasteiger partial charge < -0.3 is 10.4 Å². The lowest BCUT2D eigenvalue weighted by Gasteiger charge is -2.13. The Kier molecular flexibility index (Phi) is 4.01. The molecule has 5 heteroatoms. The lowest BCUT2D eigenvalue weighted by molar-refractivity contribution is -0.139. The highest BCUT2D eigenvalue weighted by molar-refractivity contribution is 7.12. The van der Waals surface area contributed by atoms with Crippen molar-refractivity contribution in [2.24, 2.45) is 5.92 Å². The third-order valence-electron chi connectivity index (χ3n) is 3.20. The van der Waals surface area contributed by atoms with Gasteiger partial charge in [-0.2, -0.15) is 0 Å². The number of aliphatic carboxylic acids is 1. The minimum atomic E-state index is -0.940. The number of hydrogen-bond donors (Lipinski definition) is 2. The highest BCUT2D eigenvalue weighted by Crippen LogP contribution is 2.33. The Bertz CT molecular complexity index is 451. The summed E-state index contributed by atoms with van der Waals surface area (Å²) < 4.78 is 0. The van der Waals surface area contributed by atoms with Gasteiger partial charge in [0.15, 0.2) is 0 Å². The minimum Gasteiger partial charge on any atom is -0.480 e. The molecule has 0 aliphatic heterocycles. The first kappa shape index (κ1) is 13.1. The molecule has 1 amide bonds. The first-order chi connectivity index (χ1) is 8.61. The van der Waals surface area contributed by atoms with Crippen molar-refractivity contribution in [1.29, 1.82) is 0 Å². The van der Waals surface area contributed by atoms with E-state index in [4.69, 9.17) is 5.11 Å². The van der Waals surface area contributed by atoms with Gasteiger partial charge in [0.05, 0.1) is 4.88 Å². The lowest BCUT2D eigenvalue weighted by atomic mass is 10.1. The van der Waals surface area contributed by atoms with Crippen LogP contribution in [0.4, 0.5) is 0 Å². The Morgan fingerprint density at radius 3 is 2.83 bits per heavy atom. The van der Waals surface area contributed by atoms with Gasteiger partial charge >= 0.3 is 5.97 Å². The Morgan fingerprint density at radius 2 is 2.28 bits per heavy atom. The third kappa shape index (κ3) is 3.10. The van der Waals surface area contributed by atoms with Crippen LogP contribution in [0.2, 0.25) is 0 Å². The van der Waals surface area contributed by atoms with Crippen LogP contribution in [0, 0.1) is 5.92 Å². The molecule has 1 aromatic heterocycles. The number of amides is 1. The van der Waals surface area contributed by atoms with Gasteiger partial charge in [-0.25, -0.2) is 4.79 Å². The minimum absolute atomic E-state index is 0.255. The third-order valence-corrected chi connectivity index (χ3v) is 4.16. The van der Waals surface area contributed by atoms with Crippen LogP contribution < -0.4 is 5.32 Å². The second-order valence-electron chi connectivity index (χ2n) is 4.67. The lowest BCUT2D eigenvalue weighted by Crippen LogP contribution is -2.41. The summed E-state index contributed by atoms with van der Waals surface area (Å²) in [7, 11) is 0. The van der Waals surface area contributed by atoms with Gasteiger partial charge in [-0.1, -0.05) is 19.8 Å². The molecule has 1 aromatic rings. The molecule has 4 nitrogen and oxygen atoms in total. The first-order valence-electron chi connectivity index (χ1n) is 6.21. The number of aryl methyl sites for hydroxylation is 1. The van der Waals surface area contributed by atoms with Crippen LogP contribution >= 0.6 is 11.3 Å². The summed E-state index contributed by atoms with van der Waals surface area (Å²) in [6, 6.07) is 1.16. The van der Waals surface area contributed by atoms with Gasteiger partial charge in [-0.3, -0.25) is 4.79 Å². The molecule has 0 radical (unpaired) electrons. The van der Waals surface area contributed by atoms with E-state index < -0.39 is 12.0 Å². The van der Waals surface area contributed by atoms with E-state index in [-0.39, 0.29) is 5.91 Å². The number of carbonyl (C=O) groups excluding carboxylic acids is 1. The van der Waals surface area contributed by atoms with Crippen molar-refractivity contribution in [1.82, 2.24) is 5.32 Å². The molecule has 98 valence electrons. The summed E-state index contributed by atoms with van der Waals surface area (Å²) in [4.78, 5) is 23.8. The van der Waals surface area contributed by atoms with Crippen LogP contribution in [0.15, 0.2) is 11.4 Å². The maximum Gasteiger partial charge on any atom is 0.326 e. The maximum absolute atomic E-state index is 12.0. The van der Waals surface area contributed by atoms with Gasteiger partial charge in [-0.15, -0.1) is 11.3 Å². The molecular formula is C13H17NO3S. The first-order valence-corrected chi connectivity index (χ1v) is 7.09. The highest BCUT2D eigenvalue weighted by Gasteiger charge is 2.30. The van der Waals surface area contributed by atoms with Crippen LogP contribution in [-0.4, -0.2) is 23.0 Å². The molecule has 1 atom stereocenters. The molecule has 0 saturated heterocycles. The number of carboxylic acid groups (broad SMARTS) is 1. The molecule has 18 heavy (non-hydrogen) atoms. The summed E-state index contributed by atoms with van der Waals surface area (Å²) in [6.07, 6.45) is 3.50. The van der Waals surface area contributed by atoms with Crippen LogP contribution in [0.3, 0.4) is 0 Å². The van der Waals surface area contributed by atoms with Crippen LogP contribution in [0.5, 0.6) is 0 Å². The zero-order valence-electron chi connectivity index (χ0n) is 10.3. The van der Waals surface area contributed by atoms with Crippen LogP contribution in [0.25, 0.3) is 0 Å². The molecule has 1 saturated carbocycles. The predicted molar refractivity (Wildman–Crippen MR) is 69.9 cm³/mol. The molecule has 1 heterocycles. The van der Waals surface area contributed by atoms with Gasteiger partial charge in [0.25, 0.3) is 5.91 Å². The zero-order valence-corrected chi connectivity index (χ0v) is 11.1. The number of rotatable bonds is 6. The smallest absolute Gasteiger partial charge is 0.326 e. The Labute approximate surface area is 110 Å². The van der Waals surface area contributed by atoms with E-state index in [0.29, 0.717) is 17.2 Å². The van der Waals surface area contributed by atoms with E-state index in [0.717, 1.165) is 24.8 Å². The van der Waals surface area contributed by atoms with Crippen molar-refractivity contribution in [2.75, 3.05) is 0 Å². The summed E-state index contributed by atoms with van der Waals surface area (Å²) in [5.41, 5.74) is 0.980. The second kappa shape index (κ2) is 5.52. The number of nitrogens with one attached hydrogen (secondary N) is 1. The number of carboxylic acids is 1. The fraction of sp³-hybridized carbons (Fsp3) is 0.538. The molecular weight excluding hydrogens is 250 g/mol. The average Bonchev–Trinajstić information content (AvgIpc) is 3.02. The topological polar surface area (TPSA) is 66.4 Å². The molecule has 0 bridgehead atoms. The van der Waals surface area contributed by atoms with E-state index in [1.54, 1.807) is 0 Å². The normalized spacial score (nSPS) is 16.3. The number of hydrogen-bond acceptors (Lipinski definition) is 3. The van der Waals surface area contributed by atoms with Gasteiger partial charge in [0, 0.05) is 0 Å². The summed E-state index contributed by atoms with van der Waals surface area (Å²) >= 11 is 1.37. The largest absolute Gasteiger partial charge is 0.480 e. The van der Waals surface area contributed by atoms with E-state index in [9.17, 15) is 9.59 Å². The van der Waals surface area contributed by atoms with E-state index in [2.05, 4.69) is 5.32 Å².